The van der Waals surface area contributed by atoms with Crippen LogP contribution in [0.25, 0.3) is 0 Å². The van der Waals surface area contributed by atoms with Crippen LogP contribution in [-0.2, 0) is 32.6 Å². The van der Waals surface area contributed by atoms with Crippen molar-refractivity contribution in [1.82, 2.24) is 10.2 Å². The van der Waals surface area contributed by atoms with Crippen LogP contribution in [0.2, 0.25) is 10.0 Å². The van der Waals surface area contributed by atoms with Crippen LogP contribution in [0.1, 0.15) is 38.3 Å². The highest BCUT2D eigenvalue weighted by molar-refractivity contribution is 7.98. The fourth-order valence-corrected chi connectivity index (χ4v) is 7.40. The number of carbonyl (C=O) groups is 2. The van der Waals surface area contributed by atoms with E-state index in [9.17, 15) is 18.0 Å². The minimum absolute atomic E-state index is 0.0228. The molecular formula is C37H41Cl2N3O5S2. The quantitative estimate of drug-likeness (QED) is 0.118. The molecule has 2 atom stereocenters. The molecule has 2 amide bonds. The Morgan fingerprint density at radius 2 is 1.59 bits per heavy atom. The second-order valence-corrected chi connectivity index (χ2v) is 15.0. The first-order valence-electron chi connectivity index (χ1n) is 15.9. The van der Waals surface area contributed by atoms with Crippen LogP contribution in [-0.4, -0.2) is 56.6 Å². The molecule has 1 N–H and O–H groups in total. The topological polar surface area (TPSA) is 96.0 Å². The number of hydrogen-bond donors (Lipinski definition) is 1. The van der Waals surface area contributed by atoms with Gasteiger partial charge in [0.05, 0.1) is 17.2 Å². The van der Waals surface area contributed by atoms with Crippen LogP contribution in [0.5, 0.6) is 5.75 Å². The molecule has 0 fully saturated rings. The first kappa shape index (κ1) is 38.1. The van der Waals surface area contributed by atoms with Crippen LogP contribution in [0, 0.1) is 0 Å². The molecule has 0 saturated heterocycles. The Bertz CT molecular complexity index is 1810. The normalized spacial score (nSPS) is 12.5. The predicted molar refractivity (Wildman–Crippen MR) is 199 cm³/mol. The molecule has 0 heterocycles. The summed E-state index contributed by atoms with van der Waals surface area (Å²) in [6.07, 6.45) is 2.77. The molecule has 4 aromatic rings. The standard InChI is InChI=1S/C37H41Cl2N3O5S2/c1-5-26(3)40-37(44)35(22-27-10-8-7-9-11-27)41(24-28-12-13-29(38)23-34(28)39)36(43)25-42(30-14-16-31(17-15-30)47-6-2)49(45,46)33-20-18-32(48-4)19-21-33/h7-21,23,26,35H,5-6,22,24-25H2,1-4H3,(H,40,44)/t26-,35-/m0/s1. The predicted octanol–water partition coefficient (Wildman–Crippen LogP) is 7.86. The second kappa shape index (κ2) is 17.8. The first-order valence-corrected chi connectivity index (χ1v) is 19.4. The van der Waals surface area contributed by atoms with Crippen LogP contribution in [0.4, 0.5) is 5.69 Å². The average molecular weight is 743 g/mol. The number of rotatable bonds is 16. The van der Waals surface area contributed by atoms with Gasteiger partial charge >= 0.3 is 0 Å². The molecule has 4 aromatic carbocycles. The van der Waals surface area contributed by atoms with Crippen molar-refractivity contribution in [1.29, 1.82) is 0 Å². The Kier molecular flexibility index (Phi) is 13.8. The zero-order chi connectivity index (χ0) is 35.6. The highest BCUT2D eigenvalue weighted by atomic mass is 35.5. The Labute approximate surface area is 303 Å². The van der Waals surface area contributed by atoms with Gasteiger partial charge in [0, 0.05) is 33.9 Å². The molecule has 0 spiro atoms. The van der Waals surface area contributed by atoms with Crippen LogP contribution in [0.3, 0.4) is 0 Å². The molecule has 12 heteroatoms. The van der Waals surface area contributed by atoms with Gasteiger partial charge in [-0.3, -0.25) is 13.9 Å². The van der Waals surface area contributed by atoms with Crippen molar-refractivity contribution in [2.75, 3.05) is 23.7 Å². The van der Waals surface area contributed by atoms with Crippen molar-refractivity contribution in [3.05, 3.63) is 118 Å². The smallest absolute Gasteiger partial charge is 0.264 e. The van der Waals surface area contributed by atoms with Crippen LogP contribution in [0.15, 0.2) is 107 Å². The van der Waals surface area contributed by atoms with Crippen LogP contribution >= 0.6 is 35.0 Å². The van der Waals surface area contributed by atoms with Gasteiger partial charge in [0.15, 0.2) is 0 Å². The fourth-order valence-electron chi connectivity index (χ4n) is 5.11. The zero-order valence-corrected chi connectivity index (χ0v) is 31.1. The molecule has 260 valence electrons. The maximum atomic E-state index is 14.7. The Morgan fingerprint density at radius 3 is 2.18 bits per heavy atom. The molecule has 0 aliphatic heterocycles. The third-order valence-corrected chi connectivity index (χ3v) is 11.1. The highest BCUT2D eigenvalue weighted by Gasteiger charge is 2.35. The van der Waals surface area contributed by atoms with E-state index in [-0.39, 0.29) is 35.5 Å². The number of amides is 2. The summed E-state index contributed by atoms with van der Waals surface area (Å²) >= 11 is 14.3. The molecule has 0 unspecified atom stereocenters. The lowest BCUT2D eigenvalue weighted by Gasteiger charge is -2.34. The van der Waals surface area contributed by atoms with E-state index in [2.05, 4.69) is 5.32 Å². The molecule has 49 heavy (non-hydrogen) atoms. The molecule has 0 radical (unpaired) electrons. The van der Waals surface area contributed by atoms with Gasteiger partial charge in [-0.15, -0.1) is 11.8 Å². The first-order chi connectivity index (χ1) is 23.5. The molecule has 0 aliphatic rings. The number of hydrogen-bond acceptors (Lipinski definition) is 6. The minimum Gasteiger partial charge on any atom is -0.494 e. The van der Waals surface area contributed by atoms with E-state index in [1.165, 1.54) is 28.8 Å². The summed E-state index contributed by atoms with van der Waals surface area (Å²) in [4.78, 5) is 31.0. The lowest BCUT2D eigenvalue weighted by Crippen LogP contribution is -2.54. The van der Waals surface area contributed by atoms with Gasteiger partial charge < -0.3 is 15.0 Å². The number of benzene rings is 4. The summed E-state index contributed by atoms with van der Waals surface area (Å²) in [5, 5.41) is 3.76. The SMILES string of the molecule is CCOc1ccc(N(CC(=O)N(Cc2ccc(Cl)cc2Cl)[C@@H](Cc2ccccc2)C(=O)N[C@@H](C)CC)S(=O)(=O)c2ccc(SC)cc2)cc1. The molecule has 8 nitrogen and oxygen atoms in total. The van der Waals surface area contributed by atoms with Gasteiger partial charge in [-0.05, 0) is 98.3 Å². The van der Waals surface area contributed by atoms with Crippen molar-refractivity contribution < 1.29 is 22.7 Å². The summed E-state index contributed by atoms with van der Waals surface area (Å²) in [6, 6.07) is 26.2. The summed E-state index contributed by atoms with van der Waals surface area (Å²) < 4.78 is 35.3. The Hall–Kier alpha value is -3.70. The van der Waals surface area contributed by atoms with Gasteiger partial charge in [-0.1, -0.05) is 66.5 Å². The summed E-state index contributed by atoms with van der Waals surface area (Å²) in [6.45, 7) is 5.48. The highest BCUT2D eigenvalue weighted by Crippen LogP contribution is 2.29. The lowest BCUT2D eigenvalue weighted by atomic mass is 10.0. The summed E-state index contributed by atoms with van der Waals surface area (Å²) in [5.74, 6) is -0.396. The maximum Gasteiger partial charge on any atom is 0.264 e. The van der Waals surface area contributed by atoms with Gasteiger partial charge in [0.2, 0.25) is 11.8 Å². The number of anilines is 1. The van der Waals surface area contributed by atoms with Gasteiger partial charge in [0.1, 0.15) is 18.3 Å². The van der Waals surface area contributed by atoms with E-state index in [0.717, 1.165) is 14.8 Å². The van der Waals surface area contributed by atoms with Gasteiger partial charge in [-0.25, -0.2) is 8.42 Å². The van der Waals surface area contributed by atoms with Crippen molar-refractivity contribution in [2.24, 2.45) is 0 Å². The molecule has 0 bridgehead atoms. The van der Waals surface area contributed by atoms with E-state index in [0.29, 0.717) is 34.4 Å². The largest absolute Gasteiger partial charge is 0.494 e. The van der Waals surface area contributed by atoms with E-state index < -0.39 is 28.5 Å². The van der Waals surface area contributed by atoms with Gasteiger partial charge in [0.25, 0.3) is 10.0 Å². The molecule has 4 rings (SSSR count). The third-order valence-electron chi connectivity index (χ3n) is 7.99. The summed E-state index contributed by atoms with van der Waals surface area (Å²) in [5.41, 5.74) is 1.65. The van der Waals surface area contributed by atoms with E-state index in [4.69, 9.17) is 27.9 Å². The number of nitrogens with zero attached hydrogens (tertiary/aromatic N) is 2. The van der Waals surface area contributed by atoms with Crippen molar-refractivity contribution >= 4 is 62.5 Å². The number of carbonyl (C=O) groups excluding carboxylic acids is 2. The van der Waals surface area contributed by atoms with E-state index in [1.807, 2.05) is 57.4 Å². The van der Waals surface area contributed by atoms with Crippen LogP contribution < -0.4 is 14.4 Å². The molecule has 0 saturated carbocycles. The van der Waals surface area contributed by atoms with Crippen molar-refractivity contribution in [2.45, 2.75) is 62.0 Å². The zero-order valence-electron chi connectivity index (χ0n) is 27.9. The number of halogens is 2. The van der Waals surface area contributed by atoms with E-state index >= 15 is 0 Å². The molecule has 0 aliphatic carbocycles. The summed E-state index contributed by atoms with van der Waals surface area (Å²) in [7, 11) is -4.26. The Balaban J connectivity index is 1.83. The lowest BCUT2D eigenvalue weighted by molar-refractivity contribution is -0.140. The minimum atomic E-state index is -4.26. The average Bonchev–Trinajstić information content (AvgIpc) is 3.10. The van der Waals surface area contributed by atoms with Crippen molar-refractivity contribution in [3.63, 3.8) is 0 Å². The number of sulfonamides is 1. The molecule has 0 aromatic heterocycles. The van der Waals surface area contributed by atoms with Crippen molar-refractivity contribution in [3.8, 4) is 5.75 Å². The molecular weight excluding hydrogens is 701 g/mol. The van der Waals surface area contributed by atoms with Gasteiger partial charge in [-0.2, -0.15) is 0 Å². The number of thioether (sulfide) groups is 1. The Morgan fingerprint density at radius 1 is 0.918 bits per heavy atom. The maximum absolute atomic E-state index is 14.7. The fraction of sp³-hybridized carbons (Fsp3) is 0.297. The monoisotopic (exact) mass is 741 g/mol. The third kappa shape index (κ3) is 10.2. The number of nitrogens with one attached hydrogen (secondary N) is 1. The second-order valence-electron chi connectivity index (χ2n) is 11.4. The number of ether oxygens (including phenoxy) is 1. The van der Waals surface area contributed by atoms with E-state index in [1.54, 1.807) is 54.6 Å².